The van der Waals surface area contributed by atoms with Gasteiger partial charge in [0.15, 0.2) is 6.10 Å². The normalized spacial score (nSPS) is 15.1. The Hall–Kier alpha value is -0.780. The first-order valence-electron chi connectivity index (χ1n) is 7.23. The number of rotatable bonds is 11. The zero-order chi connectivity index (χ0) is 15.6. The van der Waals surface area contributed by atoms with Gasteiger partial charge in [-0.3, -0.25) is 4.79 Å². The standard InChI is InChI=1S/C14H25F3O3/c1-3-5-6-7-8-11(4-2)13(14(15,16)17)20-10-9-12(18)19/h11,13H,3-10H2,1-2H3,(H,18,19)/t11?,13-/m1/s1. The van der Waals surface area contributed by atoms with Crippen LogP contribution in [0.5, 0.6) is 0 Å². The number of unbranched alkanes of at least 4 members (excludes halogenated alkanes) is 3. The van der Waals surface area contributed by atoms with Gasteiger partial charge in [-0.1, -0.05) is 46.0 Å². The van der Waals surface area contributed by atoms with Crippen LogP contribution in [0.1, 0.15) is 58.8 Å². The van der Waals surface area contributed by atoms with Crippen LogP contribution in [-0.4, -0.2) is 30.0 Å². The van der Waals surface area contributed by atoms with Crippen molar-refractivity contribution in [2.24, 2.45) is 5.92 Å². The van der Waals surface area contributed by atoms with Gasteiger partial charge in [0.05, 0.1) is 13.0 Å². The first kappa shape index (κ1) is 19.2. The van der Waals surface area contributed by atoms with Gasteiger partial charge in [-0.05, 0) is 12.3 Å². The van der Waals surface area contributed by atoms with Crippen LogP contribution in [0, 0.1) is 5.92 Å². The van der Waals surface area contributed by atoms with Gasteiger partial charge in [0.25, 0.3) is 0 Å². The predicted octanol–water partition coefficient (Wildman–Crippen LogP) is 4.41. The van der Waals surface area contributed by atoms with E-state index in [0.29, 0.717) is 12.8 Å². The molecule has 0 saturated carbocycles. The molecular formula is C14H25F3O3. The molecule has 2 atom stereocenters. The lowest BCUT2D eigenvalue weighted by Gasteiger charge is -2.28. The van der Waals surface area contributed by atoms with Gasteiger partial charge < -0.3 is 9.84 Å². The molecule has 1 unspecified atom stereocenters. The van der Waals surface area contributed by atoms with Crippen LogP contribution < -0.4 is 0 Å². The molecular weight excluding hydrogens is 273 g/mol. The number of aliphatic carboxylic acids is 1. The van der Waals surface area contributed by atoms with E-state index in [1.165, 1.54) is 0 Å². The lowest BCUT2D eigenvalue weighted by molar-refractivity contribution is -0.238. The second kappa shape index (κ2) is 10.0. The number of ether oxygens (including phenoxy) is 1. The van der Waals surface area contributed by atoms with Gasteiger partial charge >= 0.3 is 12.1 Å². The summed E-state index contributed by atoms with van der Waals surface area (Å²) in [6.45, 7) is 3.36. The molecule has 0 aliphatic heterocycles. The molecule has 120 valence electrons. The maximum Gasteiger partial charge on any atom is 0.414 e. The second-order valence-corrected chi connectivity index (χ2v) is 4.99. The van der Waals surface area contributed by atoms with Gasteiger partial charge in [0, 0.05) is 0 Å². The Bertz CT molecular complexity index is 267. The Kier molecular flexibility index (Phi) is 9.63. The molecule has 0 amide bonds. The lowest BCUT2D eigenvalue weighted by Crippen LogP contribution is -2.39. The number of alkyl halides is 3. The van der Waals surface area contributed by atoms with Crippen LogP contribution in [0.25, 0.3) is 0 Å². The molecule has 20 heavy (non-hydrogen) atoms. The Morgan fingerprint density at radius 3 is 2.30 bits per heavy atom. The van der Waals surface area contributed by atoms with E-state index in [9.17, 15) is 18.0 Å². The van der Waals surface area contributed by atoms with E-state index in [2.05, 4.69) is 0 Å². The number of carboxylic acid groups (broad SMARTS) is 1. The van der Waals surface area contributed by atoms with Crippen LogP contribution in [0.15, 0.2) is 0 Å². The van der Waals surface area contributed by atoms with Crippen LogP contribution in [0.2, 0.25) is 0 Å². The van der Waals surface area contributed by atoms with Crippen molar-refractivity contribution >= 4 is 5.97 Å². The van der Waals surface area contributed by atoms with Crippen molar-refractivity contribution in [2.75, 3.05) is 6.61 Å². The molecule has 0 rings (SSSR count). The zero-order valence-electron chi connectivity index (χ0n) is 12.2. The Labute approximate surface area is 118 Å². The van der Waals surface area contributed by atoms with Crippen molar-refractivity contribution in [3.05, 3.63) is 0 Å². The summed E-state index contributed by atoms with van der Waals surface area (Å²) in [4.78, 5) is 10.4. The summed E-state index contributed by atoms with van der Waals surface area (Å²) in [5.41, 5.74) is 0. The van der Waals surface area contributed by atoms with Gasteiger partial charge in [-0.15, -0.1) is 0 Å². The average molecular weight is 298 g/mol. The average Bonchev–Trinajstić information content (AvgIpc) is 2.34. The fourth-order valence-electron chi connectivity index (χ4n) is 2.17. The van der Waals surface area contributed by atoms with E-state index < -0.39 is 37.2 Å². The summed E-state index contributed by atoms with van der Waals surface area (Å²) < 4.78 is 43.8. The van der Waals surface area contributed by atoms with E-state index in [4.69, 9.17) is 9.84 Å². The summed E-state index contributed by atoms with van der Waals surface area (Å²) in [6.07, 6.45) is -2.12. The second-order valence-electron chi connectivity index (χ2n) is 4.99. The summed E-state index contributed by atoms with van der Waals surface area (Å²) in [6, 6.07) is 0. The van der Waals surface area contributed by atoms with Crippen LogP contribution >= 0.6 is 0 Å². The minimum Gasteiger partial charge on any atom is -0.481 e. The summed E-state index contributed by atoms with van der Waals surface area (Å²) >= 11 is 0. The monoisotopic (exact) mass is 298 g/mol. The van der Waals surface area contributed by atoms with Crippen molar-refractivity contribution in [3.63, 3.8) is 0 Å². The largest absolute Gasteiger partial charge is 0.481 e. The SMILES string of the molecule is CCCCCCC(CC)[C@@H](OCCC(=O)O)C(F)(F)F. The van der Waals surface area contributed by atoms with E-state index in [1.807, 2.05) is 6.92 Å². The van der Waals surface area contributed by atoms with Crippen molar-refractivity contribution in [1.29, 1.82) is 0 Å². The first-order chi connectivity index (χ1) is 9.32. The molecule has 0 heterocycles. The highest BCUT2D eigenvalue weighted by Gasteiger charge is 2.44. The summed E-state index contributed by atoms with van der Waals surface area (Å²) in [5.74, 6) is -1.75. The number of hydrogen-bond acceptors (Lipinski definition) is 2. The Morgan fingerprint density at radius 1 is 1.20 bits per heavy atom. The maximum absolute atomic E-state index is 13.0. The minimum atomic E-state index is -4.44. The molecule has 0 aliphatic carbocycles. The topological polar surface area (TPSA) is 46.5 Å². The molecule has 0 fully saturated rings. The van der Waals surface area contributed by atoms with E-state index in [1.54, 1.807) is 6.92 Å². The minimum absolute atomic E-state index is 0.378. The van der Waals surface area contributed by atoms with Gasteiger partial charge in [-0.2, -0.15) is 13.2 Å². The molecule has 0 radical (unpaired) electrons. The van der Waals surface area contributed by atoms with Crippen LogP contribution in [0.3, 0.4) is 0 Å². The third-order valence-corrected chi connectivity index (χ3v) is 3.32. The molecule has 0 aromatic carbocycles. The van der Waals surface area contributed by atoms with Crippen LogP contribution in [-0.2, 0) is 9.53 Å². The molecule has 0 bridgehead atoms. The molecule has 0 aliphatic rings. The molecule has 1 N–H and O–H groups in total. The zero-order valence-corrected chi connectivity index (χ0v) is 12.2. The number of carboxylic acids is 1. The third kappa shape index (κ3) is 8.40. The van der Waals surface area contributed by atoms with Gasteiger partial charge in [-0.25, -0.2) is 0 Å². The first-order valence-corrected chi connectivity index (χ1v) is 7.23. The highest BCUT2D eigenvalue weighted by atomic mass is 19.4. The van der Waals surface area contributed by atoms with E-state index >= 15 is 0 Å². The van der Waals surface area contributed by atoms with Crippen molar-refractivity contribution in [3.8, 4) is 0 Å². The smallest absolute Gasteiger partial charge is 0.414 e. The fraction of sp³-hybridized carbons (Fsp3) is 0.929. The lowest BCUT2D eigenvalue weighted by atomic mass is 9.92. The number of hydrogen-bond donors (Lipinski definition) is 1. The Morgan fingerprint density at radius 2 is 1.85 bits per heavy atom. The van der Waals surface area contributed by atoms with Gasteiger partial charge in [0.2, 0.25) is 0 Å². The number of carbonyl (C=O) groups is 1. The molecule has 0 aromatic heterocycles. The van der Waals surface area contributed by atoms with Crippen molar-refractivity contribution < 1.29 is 27.8 Å². The summed E-state index contributed by atoms with van der Waals surface area (Å²) in [7, 11) is 0. The van der Waals surface area contributed by atoms with Crippen molar-refractivity contribution in [2.45, 2.75) is 71.1 Å². The van der Waals surface area contributed by atoms with E-state index in [-0.39, 0.29) is 0 Å². The fourth-order valence-corrected chi connectivity index (χ4v) is 2.17. The maximum atomic E-state index is 13.0. The molecule has 3 nitrogen and oxygen atoms in total. The summed E-state index contributed by atoms with van der Waals surface area (Å²) in [5, 5.41) is 8.46. The van der Waals surface area contributed by atoms with Crippen molar-refractivity contribution in [1.82, 2.24) is 0 Å². The quantitative estimate of drug-likeness (QED) is 0.575. The molecule has 0 spiro atoms. The highest BCUT2D eigenvalue weighted by Crippen LogP contribution is 2.33. The van der Waals surface area contributed by atoms with Crippen LogP contribution in [0.4, 0.5) is 13.2 Å². The Balaban J connectivity index is 4.42. The third-order valence-electron chi connectivity index (χ3n) is 3.32. The highest BCUT2D eigenvalue weighted by molar-refractivity contribution is 5.66. The predicted molar refractivity (Wildman–Crippen MR) is 70.6 cm³/mol. The van der Waals surface area contributed by atoms with E-state index in [0.717, 1.165) is 25.7 Å². The molecule has 0 saturated heterocycles. The molecule has 6 heteroatoms. The molecule has 0 aromatic rings. The van der Waals surface area contributed by atoms with Gasteiger partial charge in [0.1, 0.15) is 0 Å². The number of halogens is 3.